The minimum absolute atomic E-state index is 0.0362. The van der Waals surface area contributed by atoms with Crippen molar-refractivity contribution in [3.63, 3.8) is 0 Å². The van der Waals surface area contributed by atoms with Crippen molar-refractivity contribution in [2.45, 2.75) is 135 Å². The third-order valence-corrected chi connectivity index (χ3v) is 8.66. The van der Waals surface area contributed by atoms with E-state index in [1.54, 1.807) is 44.2 Å². The molecule has 5 amide bonds. The Hall–Kier alpha value is -4.61. The van der Waals surface area contributed by atoms with Crippen LogP contribution < -0.4 is 38.5 Å². The van der Waals surface area contributed by atoms with Gasteiger partial charge in [-0.2, -0.15) is 0 Å². The first-order chi connectivity index (χ1) is 25.4. The highest BCUT2D eigenvalue weighted by Crippen LogP contribution is 2.18. The number of nitrogens with two attached hydrogens (primary N) is 3. The van der Waals surface area contributed by atoms with E-state index in [1.807, 2.05) is 13.8 Å². The van der Waals surface area contributed by atoms with E-state index in [4.69, 9.17) is 22.3 Å². The molecule has 17 heteroatoms. The molecule has 0 aliphatic heterocycles. The zero-order valence-corrected chi connectivity index (χ0v) is 32.2. The van der Waals surface area contributed by atoms with E-state index in [0.29, 0.717) is 44.3 Å². The monoisotopic (exact) mass is 762 g/mol. The summed E-state index contributed by atoms with van der Waals surface area (Å²) in [5.74, 6) is -6.07. The van der Waals surface area contributed by atoms with Gasteiger partial charge in [-0.15, -0.1) is 0 Å². The zero-order valence-electron chi connectivity index (χ0n) is 32.2. The Bertz CT molecular complexity index is 1380. The Balaban J connectivity index is 3.38. The summed E-state index contributed by atoms with van der Waals surface area (Å²) in [6.45, 7) is 9.11. The van der Waals surface area contributed by atoms with E-state index < -0.39 is 90.2 Å². The number of rotatable bonds is 26. The standard InChI is InChI=1S/C37H62N8O9/c1-22(2)19-29(37(53)54)44-34(50)28(20-25-13-7-6-8-14-25)43-32(48)24(5)41-35(51)30(16-10-12-18-39)45(23(3)4)36(52)27(15-9-11-17-38)42-33(49)26(40)21-31(46)47/h6-8,13-14,22-24,26-30H,9-12,15-21,38-40H2,1-5H3,(H,41,51)(H,42,49)(H,43,48)(H,44,50)(H,46,47)(H,53,54)/t24-,26-,27-,28-,29-,30-/m0/s1. The second-order valence-electron chi connectivity index (χ2n) is 14.2. The van der Waals surface area contributed by atoms with E-state index in [0.717, 1.165) is 0 Å². The molecule has 6 atom stereocenters. The average molecular weight is 763 g/mol. The molecule has 0 heterocycles. The Morgan fingerprint density at radius 3 is 1.76 bits per heavy atom. The molecular weight excluding hydrogens is 700 g/mol. The Morgan fingerprint density at radius 1 is 0.685 bits per heavy atom. The Labute approximate surface area is 317 Å². The van der Waals surface area contributed by atoms with Gasteiger partial charge in [0.25, 0.3) is 0 Å². The molecule has 12 N–H and O–H groups in total. The average Bonchev–Trinajstić information content (AvgIpc) is 3.09. The molecule has 0 fully saturated rings. The van der Waals surface area contributed by atoms with Crippen LogP contribution in [0.15, 0.2) is 30.3 Å². The number of carbonyl (C=O) groups is 7. The van der Waals surface area contributed by atoms with Gasteiger partial charge in [0, 0.05) is 12.5 Å². The molecule has 1 rings (SSSR count). The highest BCUT2D eigenvalue weighted by molar-refractivity contribution is 5.96. The van der Waals surface area contributed by atoms with Gasteiger partial charge in [0.2, 0.25) is 29.5 Å². The maximum absolute atomic E-state index is 14.2. The van der Waals surface area contributed by atoms with Crippen molar-refractivity contribution in [3.8, 4) is 0 Å². The number of carbonyl (C=O) groups excluding carboxylic acids is 5. The molecular formula is C37H62N8O9. The van der Waals surface area contributed by atoms with Gasteiger partial charge in [-0.25, -0.2) is 4.79 Å². The number of nitrogens with zero attached hydrogens (tertiary/aromatic N) is 1. The normalized spacial score (nSPS) is 14.6. The molecule has 0 radical (unpaired) electrons. The molecule has 1 aromatic carbocycles. The van der Waals surface area contributed by atoms with Crippen LogP contribution in [0.1, 0.15) is 91.5 Å². The number of carboxylic acids is 2. The van der Waals surface area contributed by atoms with Crippen molar-refractivity contribution < 1.29 is 43.8 Å². The lowest BCUT2D eigenvalue weighted by molar-refractivity contribution is -0.146. The van der Waals surface area contributed by atoms with E-state index in [9.17, 15) is 38.7 Å². The van der Waals surface area contributed by atoms with Crippen molar-refractivity contribution >= 4 is 41.5 Å². The van der Waals surface area contributed by atoms with Gasteiger partial charge in [0.1, 0.15) is 30.2 Å². The molecule has 0 aliphatic rings. The van der Waals surface area contributed by atoms with Gasteiger partial charge in [0.05, 0.1) is 12.5 Å². The minimum Gasteiger partial charge on any atom is -0.481 e. The summed E-state index contributed by atoms with van der Waals surface area (Å²) < 4.78 is 0. The van der Waals surface area contributed by atoms with Crippen LogP contribution in [-0.2, 0) is 40.0 Å². The molecule has 0 unspecified atom stereocenters. The third-order valence-electron chi connectivity index (χ3n) is 8.66. The molecule has 17 nitrogen and oxygen atoms in total. The largest absolute Gasteiger partial charge is 0.481 e. The Kier molecular flexibility index (Phi) is 21.6. The fraction of sp³-hybridized carbons (Fsp3) is 0.649. The summed E-state index contributed by atoms with van der Waals surface area (Å²) in [7, 11) is 0. The lowest BCUT2D eigenvalue weighted by Crippen LogP contribution is -2.61. The van der Waals surface area contributed by atoms with Gasteiger partial charge >= 0.3 is 11.9 Å². The van der Waals surface area contributed by atoms with E-state index in [2.05, 4.69) is 21.3 Å². The molecule has 0 saturated heterocycles. The Morgan fingerprint density at radius 2 is 1.24 bits per heavy atom. The molecule has 0 aliphatic carbocycles. The van der Waals surface area contributed by atoms with Gasteiger partial charge in [-0.05, 0) is 90.3 Å². The quantitative estimate of drug-likeness (QED) is 0.0563. The van der Waals surface area contributed by atoms with Crippen LogP contribution in [0, 0.1) is 5.92 Å². The molecule has 304 valence electrons. The molecule has 0 spiro atoms. The van der Waals surface area contributed by atoms with Crippen molar-refractivity contribution in [2.24, 2.45) is 23.1 Å². The number of aliphatic carboxylic acids is 2. The number of carboxylic acid groups (broad SMARTS) is 2. The predicted molar refractivity (Wildman–Crippen MR) is 202 cm³/mol. The SMILES string of the molecule is CC(C)C[C@H](NC(=O)[C@H](Cc1ccccc1)NC(=O)[C@H](C)NC(=O)[C@H](CCCCN)N(C(=O)[C@H](CCCCN)NC(=O)[C@@H](N)CC(=O)O)C(C)C)C(=O)O. The molecule has 0 saturated carbocycles. The highest BCUT2D eigenvalue weighted by Gasteiger charge is 2.37. The van der Waals surface area contributed by atoms with Gasteiger partial charge in [0.15, 0.2) is 0 Å². The van der Waals surface area contributed by atoms with Crippen LogP contribution in [0.3, 0.4) is 0 Å². The summed E-state index contributed by atoms with van der Waals surface area (Å²) in [4.78, 5) is 92.5. The number of hydrogen-bond donors (Lipinski definition) is 9. The summed E-state index contributed by atoms with van der Waals surface area (Å²) in [6.07, 6.45) is 1.82. The lowest BCUT2D eigenvalue weighted by atomic mass is 10.0. The molecule has 0 aromatic heterocycles. The summed E-state index contributed by atoms with van der Waals surface area (Å²) >= 11 is 0. The second kappa shape index (κ2) is 24.7. The van der Waals surface area contributed by atoms with Crippen LogP contribution in [0.4, 0.5) is 0 Å². The van der Waals surface area contributed by atoms with Gasteiger partial charge in [-0.1, -0.05) is 44.2 Å². The van der Waals surface area contributed by atoms with E-state index >= 15 is 0 Å². The number of benzene rings is 1. The number of nitrogens with one attached hydrogen (secondary N) is 4. The smallest absolute Gasteiger partial charge is 0.326 e. The van der Waals surface area contributed by atoms with E-state index in [-0.39, 0.29) is 31.6 Å². The maximum atomic E-state index is 14.2. The summed E-state index contributed by atoms with van der Waals surface area (Å²) in [6, 6.07) is 1.01. The van der Waals surface area contributed by atoms with Gasteiger partial charge in [-0.3, -0.25) is 28.8 Å². The van der Waals surface area contributed by atoms with Crippen molar-refractivity contribution in [1.29, 1.82) is 0 Å². The van der Waals surface area contributed by atoms with Gasteiger partial charge < -0.3 is 53.6 Å². The summed E-state index contributed by atoms with van der Waals surface area (Å²) in [5.41, 5.74) is 17.9. The number of amides is 5. The summed E-state index contributed by atoms with van der Waals surface area (Å²) in [5, 5.41) is 29.3. The topological polar surface area (TPSA) is 289 Å². The number of unbranched alkanes of at least 4 members (excludes halogenated alkanes) is 2. The fourth-order valence-corrected chi connectivity index (χ4v) is 5.83. The van der Waals surface area contributed by atoms with Crippen molar-refractivity contribution in [2.75, 3.05) is 13.1 Å². The van der Waals surface area contributed by atoms with E-state index in [1.165, 1.54) is 11.8 Å². The van der Waals surface area contributed by atoms with Crippen LogP contribution in [-0.4, -0.2) is 112 Å². The first-order valence-electron chi connectivity index (χ1n) is 18.6. The lowest BCUT2D eigenvalue weighted by Gasteiger charge is -2.37. The molecule has 0 bridgehead atoms. The second-order valence-corrected chi connectivity index (χ2v) is 14.2. The predicted octanol–water partition coefficient (Wildman–Crippen LogP) is -0.0155. The van der Waals surface area contributed by atoms with Crippen LogP contribution >= 0.6 is 0 Å². The fourth-order valence-electron chi connectivity index (χ4n) is 5.83. The van der Waals surface area contributed by atoms with Crippen molar-refractivity contribution in [3.05, 3.63) is 35.9 Å². The van der Waals surface area contributed by atoms with Crippen molar-refractivity contribution in [1.82, 2.24) is 26.2 Å². The maximum Gasteiger partial charge on any atom is 0.326 e. The van der Waals surface area contributed by atoms with Crippen LogP contribution in [0.2, 0.25) is 0 Å². The number of hydrogen-bond acceptors (Lipinski definition) is 10. The first-order valence-corrected chi connectivity index (χ1v) is 18.6. The molecule has 1 aromatic rings. The third kappa shape index (κ3) is 17.0. The van der Waals surface area contributed by atoms with Crippen LogP contribution in [0.5, 0.6) is 0 Å². The minimum atomic E-state index is -1.42. The van der Waals surface area contributed by atoms with Crippen LogP contribution in [0.25, 0.3) is 0 Å². The highest BCUT2D eigenvalue weighted by atomic mass is 16.4. The molecule has 54 heavy (non-hydrogen) atoms. The first kappa shape index (κ1) is 47.4. The zero-order chi connectivity index (χ0) is 41.0.